The molecule has 4 N–H and O–H groups in total. The molecule has 0 radical (unpaired) electrons. The predicted molar refractivity (Wildman–Crippen MR) is 160 cm³/mol. The summed E-state index contributed by atoms with van der Waals surface area (Å²) in [6.07, 6.45) is 3.23. The molecule has 8 heteroatoms. The first-order valence-electron chi connectivity index (χ1n) is 13.8. The van der Waals surface area contributed by atoms with Crippen molar-refractivity contribution >= 4 is 23.1 Å². The van der Waals surface area contributed by atoms with Crippen LogP contribution in [0, 0.1) is 5.82 Å². The zero-order valence-corrected chi connectivity index (χ0v) is 24.0. The third-order valence-corrected chi connectivity index (χ3v) is 6.81. The van der Waals surface area contributed by atoms with Gasteiger partial charge >= 0.3 is 5.97 Å². The Labute approximate surface area is 240 Å². The molecule has 0 spiro atoms. The summed E-state index contributed by atoms with van der Waals surface area (Å²) in [6, 6.07) is 15.3. The van der Waals surface area contributed by atoms with E-state index in [4.69, 9.17) is 5.11 Å². The number of para-hydroxylation sites is 1. The largest absolute Gasteiger partial charge is 0.481 e. The van der Waals surface area contributed by atoms with Crippen LogP contribution in [0.15, 0.2) is 72.8 Å². The number of carboxylic acid groups (broad SMARTS) is 1. The first kappa shape index (κ1) is 31.5. The maximum Gasteiger partial charge on any atom is 0.305 e. The van der Waals surface area contributed by atoms with Gasteiger partial charge in [-0.2, -0.15) is 0 Å². The minimum atomic E-state index is -1.18. The summed E-state index contributed by atoms with van der Waals surface area (Å²) in [5.74, 6) is -1.93. The summed E-state index contributed by atoms with van der Waals surface area (Å²) in [4.78, 5) is 25.0. The lowest BCUT2D eigenvalue weighted by Gasteiger charge is -2.20. The van der Waals surface area contributed by atoms with Crippen LogP contribution in [0.3, 0.4) is 0 Å². The van der Waals surface area contributed by atoms with Crippen LogP contribution in [0.5, 0.6) is 0 Å². The van der Waals surface area contributed by atoms with Crippen molar-refractivity contribution in [1.29, 1.82) is 0 Å². The van der Waals surface area contributed by atoms with Crippen LogP contribution in [0.4, 0.5) is 10.1 Å². The number of nitrogens with one attached hydrogen (secondary N) is 1. The van der Waals surface area contributed by atoms with E-state index in [9.17, 15) is 24.2 Å². The van der Waals surface area contributed by atoms with Crippen molar-refractivity contribution in [3.8, 4) is 11.3 Å². The fourth-order valence-corrected chi connectivity index (χ4v) is 5.10. The van der Waals surface area contributed by atoms with Crippen molar-refractivity contribution in [1.82, 2.24) is 4.57 Å². The number of amides is 1. The summed E-state index contributed by atoms with van der Waals surface area (Å²) in [7, 11) is 0. The number of anilines is 1. The van der Waals surface area contributed by atoms with Crippen LogP contribution < -0.4 is 5.32 Å². The number of hydrogen-bond acceptors (Lipinski definition) is 4. The van der Waals surface area contributed by atoms with Gasteiger partial charge in [0.25, 0.3) is 5.91 Å². The number of halogens is 1. The van der Waals surface area contributed by atoms with E-state index in [0.717, 1.165) is 11.3 Å². The van der Waals surface area contributed by atoms with Crippen molar-refractivity contribution in [3.05, 3.63) is 95.5 Å². The standard InChI is InChI=1S/C33H39FN2O5/c1-5-10-22(6-2)29-30(33(41)35-25-11-8-7-9-12-25)31(21(3)4)36(32(29)23-13-15-24(34)16-14-23)18-17-26(37)19-27(38)20-28(39)40/h5-16,21,26-27,37-38H,17-20H2,1-4H3,(H,35,41)(H,39,40)/b10-5-,22-6+/t26-,27-/m1/s1. The van der Waals surface area contributed by atoms with Crippen molar-refractivity contribution in [2.24, 2.45) is 0 Å². The number of carbonyl (C=O) groups is 2. The van der Waals surface area contributed by atoms with Gasteiger partial charge in [-0.1, -0.05) is 50.3 Å². The topological polar surface area (TPSA) is 112 Å². The minimum Gasteiger partial charge on any atom is -0.481 e. The first-order valence-corrected chi connectivity index (χ1v) is 13.8. The van der Waals surface area contributed by atoms with E-state index >= 15 is 0 Å². The van der Waals surface area contributed by atoms with E-state index in [-0.39, 0.29) is 37.0 Å². The maximum atomic E-state index is 14.0. The number of aliphatic carboxylic acids is 1. The fraction of sp³-hybridized carbons (Fsp3) is 0.333. The highest BCUT2D eigenvalue weighted by Crippen LogP contribution is 2.41. The van der Waals surface area contributed by atoms with Gasteiger partial charge in [-0.05, 0) is 80.1 Å². The van der Waals surface area contributed by atoms with Gasteiger partial charge in [-0.15, -0.1) is 0 Å². The number of carbonyl (C=O) groups excluding carboxylic acids is 1. The zero-order chi connectivity index (χ0) is 30.1. The maximum absolute atomic E-state index is 14.0. The van der Waals surface area contributed by atoms with Crippen molar-refractivity contribution < 1.29 is 29.3 Å². The second-order valence-electron chi connectivity index (χ2n) is 10.3. The molecule has 2 aromatic carbocycles. The molecule has 0 saturated carbocycles. The van der Waals surface area contributed by atoms with Gasteiger partial charge in [0.05, 0.1) is 29.9 Å². The molecule has 0 saturated heterocycles. The molecule has 1 aromatic heterocycles. The lowest BCUT2D eigenvalue weighted by atomic mass is 9.93. The number of hydrogen-bond donors (Lipinski definition) is 4. The van der Waals surface area contributed by atoms with E-state index in [1.54, 1.807) is 12.1 Å². The third-order valence-electron chi connectivity index (χ3n) is 6.81. The molecule has 41 heavy (non-hydrogen) atoms. The summed E-state index contributed by atoms with van der Waals surface area (Å²) in [6.45, 7) is 8.04. The second-order valence-corrected chi connectivity index (χ2v) is 10.3. The monoisotopic (exact) mass is 562 g/mol. The highest BCUT2D eigenvalue weighted by molar-refractivity contribution is 6.11. The highest BCUT2D eigenvalue weighted by Gasteiger charge is 2.31. The van der Waals surface area contributed by atoms with Gasteiger partial charge < -0.3 is 25.2 Å². The van der Waals surface area contributed by atoms with Gasteiger partial charge in [-0.25, -0.2) is 4.39 Å². The Morgan fingerprint density at radius 2 is 1.63 bits per heavy atom. The van der Waals surface area contributed by atoms with Gasteiger partial charge in [0, 0.05) is 23.5 Å². The number of rotatable bonds is 13. The van der Waals surface area contributed by atoms with E-state index in [1.807, 2.05) is 80.8 Å². The van der Waals surface area contributed by atoms with Crippen molar-refractivity contribution in [3.63, 3.8) is 0 Å². The molecule has 1 heterocycles. The quantitative estimate of drug-likeness (QED) is 0.175. The Morgan fingerprint density at radius 3 is 2.20 bits per heavy atom. The van der Waals surface area contributed by atoms with E-state index < -0.39 is 24.6 Å². The van der Waals surface area contributed by atoms with Crippen LogP contribution in [0.25, 0.3) is 16.8 Å². The molecule has 3 rings (SSSR count). The van der Waals surface area contributed by atoms with Crippen molar-refractivity contribution in [2.75, 3.05) is 5.32 Å². The van der Waals surface area contributed by atoms with E-state index in [1.165, 1.54) is 12.1 Å². The second kappa shape index (κ2) is 14.6. The normalized spacial score (nSPS) is 13.5. The van der Waals surface area contributed by atoms with Gasteiger partial charge in [-0.3, -0.25) is 9.59 Å². The SMILES string of the molecule is C/C=C\C(=C/C)c1c(C(=O)Nc2ccccc2)c(C(C)C)n(CC[C@@H](O)C[C@@H](O)CC(=O)O)c1-c1ccc(F)cc1. The summed E-state index contributed by atoms with van der Waals surface area (Å²) in [5.41, 5.74) is 4.77. The smallest absolute Gasteiger partial charge is 0.305 e. The highest BCUT2D eigenvalue weighted by atomic mass is 19.1. The lowest BCUT2D eigenvalue weighted by Crippen LogP contribution is -2.22. The number of nitrogens with zero attached hydrogens (tertiary/aromatic N) is 1. The molecule has 3 aromatic rings. The van der Waals surface area contributed by atoms with Crippen molar-refractivity contribution in [2.45, 2.75) is 71.6 Å². The minimum absolute atomic E-state index is 0.0939. The van der Waals surface area contributed by atoms with Gasteiger partial charge in [0.1, 0.15) is 5.82 Å². The van der Waals surface area contributed by atoms with Crippen LogP contribution in [-0.2, 0) is 11.3 Å². The molecular formula is C33H39FN2O5. The number of carboxylic acids is 1. The fourth-order valence-electron chi connectivity index (χ4n) is 5.10. The average Bonchev–Trinajstić information content (AvgIpc) is 3.26. The van der Waals surface area contributed by atoms with Gasteiger partial charge in [0.15, 0.2) is 0 Å². The zero-order valence-electron chi connectivity index (χ0n) is 24.0. The predicted octanol–water partition coefficient (Wildman–Crippen LogP) is 6.63. The first-order chi connectivity index (χ1) is 19.6. The molecule has 0 aliphatic heterocycles. The molecular weight excluding hydrogens is 523 g/mol. The Kier molecular flexibility index (Phi) is 11.2. The molecule has 7 nitrogen and oxygen atoms in total. The summed E-state index contributed by atoms with van der Waals surface area (Å²) in [5, 5.41) is 32.8. The molecule has 2 atom stereocenters. The summed E-state index contributed by atoms with van der Waals surface area (Å²) < 4.78 is 16.0. The Hall–Kier alpha value is -4.01. The molecule has 0 aliphatic carbocycles. The van der Waals surface area contributed by atoms with Crippen LogP contribution in [0.2, 0.25) is 0 Å². The molecule has 0 aliphatic rings. The van der Waals surface area contributed by atoms with Crippen LogP contribution >= 0.6 is 0 Å². The van der Waals surface area contributed by atoms with E-state index in [2.05, 4.69) is 5.32 Å². The Morgan fingerprint density at radius 1 is 0.976 bits per heavy atom. The molecule has 0 bridgehead atoms. The number of aromatic nitrogens is 1. The van der Waals surface area contributed by atoms with Gasteiger partial charge in [0.2, 0.25) is 0 Å². The lowest BCUT2D eigenvalue weighted by molar-refractivity contribution is -0.139. The number of aliphatic hydroxyl groups excluding tert-OH is 2. The van der Waals surface area contributed by atoms with Crippen LogP contribution in [-0.4, -0.2) is 44.0 Å². The Bertz CT molecular complexity index is 1390. The summed E-state index contributed by atoms with van der Waals surface area (Å²) >= 11 is 0. The number of aliphatic hydroxyl groups is 2. The molecule has 218 valence electrons. The third kappa shape index (κ3) is 8.02. The molecule has 0 fully saturated rings. The number of benzene rings is 2. The molecule has 1 amide bonds. The van der Waals surface area contributed by atoms with E-state index in [0.29, 0.717) is 28.1 Å². The van der Waals surface area contributed by atoms with Crippen LogP contribution in [0.1, 0.15) is 74.5 Å². The molecule has 0 unspecified atom stereocenters. The number of allylic oxidation sites excluding steroid dienone is 4. The Balaban J connectivity index is 2.25. The average molecular weight is 563 g/mol.